The van der Waals surface area contributed by atoms with Crippen molar-refractivity contribution in [2.24, 2.45) is 4.99 Å². The Bertz CT molecular complexity index is 221. The van der Waals surface area contributed by atoms with Crippen molar-refractivity contribution in [2.75, 3.05) is 0 Å². The van der Waals surface area contributed by atoms with E-state index in [0.29, 0.717) is 6.42 Å². The number of carbonyl (C=O) groups excluding carboxylic acids is 1. The zero-order valence-electron chi connectivity index (χ0n) is 4.66. The molecular formula is C6H5NO2. The van der Waals surface area contributed by atoms with Gasteiger partial charge in [-0.05, 0) is 6.08 Å². The zero-order chi connectivity index (χ0) is 6.69. The molecule has 0 saturated heterocycles. The van der Waals surface area contributed by atoms with Gasteiger partial charge in [-0.1, -0.05) is 0 Å². The highest BCUT2D eigenvalue weighted by Gasteiger charge is 2.03. The van der Waals surface area contributed by atoms with Crippen LogP contribution in [0.25, 0.3) is 0 Å². The van der Waals surface area contributed by atoms with Gasteiger partial charge >= 0.3 is 0 Å². The third kappa shape index (κ3) is 1.06. The van der Waals surface area contributed by atoms with Gasteiger partial charge in [-0.3, -0.25) is 0 Å². The lowest BCUT2D eigenvalue weighted by Crippen LogP contribution is -1.92. The molecule has 0 aromatic carbocycles. The van der Waals surface area contributed by atoms with Gasteiger partial charge in [-0.15, -0.1) is 0 Å². The highest BCUT2D eigenvalue weighted by atomic mass is 16.3. The summed E-state index contributed by atoms with van der Waals surface area (Å²) in [6.07, 6.45) is 3.63. The second-order valence-corrected chi connectivity index (χ2v) is 1.59. The summed E-state index contributed by atoms with van der Waals surface area (Å²) in [5, 5.41) is 8.82. The summed E-state index contributed by atoms with van der Waals surface area (Å²) >= 11 is 0. The molecule has 0 amide bonds. The van der Waals surface area contributed by atoms with Crippen LogP contribution in [0.15, 0.2) is 22.5 Å². The topological polar surface area (TPSA) is 49.7 Å². The van der Waals surface area contributed by atoms with Gasteiger partial charge in [-0.25, -0.2) is 9.79 Å². The fourth-order valence-corrected chi connectivity index (χ4v) is 0.550. The fraction of sp³-hybridized carbons (Fsp3) is 0.167. The monoisotopic (exact) mass is 123 g/mol. The molecular weight excluding hydrogens is 118 g/mol. The van der Waals surface area contributed by atoms with E-state index in [-0.39, 0.29) is 11.5 Å². The van der Waals surface area contributed by atoms with Crippen LogP contribution in [0.4, 0.5) is 0 Å². The minimum Gasteiger partial charge on any atom is -0.505 e. The van der Waals surface area contributed by atoms with Gasteiger partial charge in [0.25, 0.3) is 0 Å². The summed E-state index contributed by atoms with van der Waals surface area (Å²) in [5.74, 6) is 1.43. The van der Waals surface area contributed by atoms with E-state index in [1.54, 1.807) is 6.21 Å². The first-order valence-corrected chi connectivity index (χ1v) is 2.51. The van der Waals surface area contributed by atoms with Crippen molar-refractivity contribution in [1.82, 2.24) is 0 Å². The summed E-state index contributed by atoms with van der Waals surface area (Å²) in [5.41, 5.74) is -0.0127. The molecule has 1 N–H and O–H groups in total. The maximum Gasteiger partial charge on any atom is 0.188 e. The van der Waals surface area contributed by atoms with Crippen molar-refractivity contribution < 1.29 is 9.90 Å². The Labute approximate surface area is 52.0 Å². The molecule has 0 spiro atoms. The van der Waals surface area contributed by atoms with Crippen LogP contribution in [-0.2, 0) is 4.79 Å². The van der Waals surface area contributed by atoms with Gasteiger partial charge in [0.2, 0.25) is 0 Å². The third-order valence-electron chi connectivity index (χ3n) is 0.976. The van der Waals surface area contributed by atoms with E-state index < -0.39 is 0 Å². The third-order valence-corrected chi connectivity index (χ3v) is 0.976. The molecule has 0 aliphatic carbocycles. The second kappa shape index (κ2) is 2.29. The Morgan fingerprint density at radius 1 is 1.78 bits per heavy atom. The molecule has 0 fully saturated rings. The van der Waals surface area contributed by atoms with Crippen LogP contribution >= 0.6 is 0 Å². The molecule has 46 valence electrons. The van der Waals surface area contributed by atoms with Crippen molar-refractivity contribution in [3.05, 3.63) is 17.5 Å². The molecule has 3 heteroatoms. The quantitative estimate of drug-likeness (QED) is 0.480. The van der Waals surface area contributed by atoms with E-state index in [2.05, 4.69) is 4.99 Å². The predicted molar refractivity (Wildman–Crippen MR) is 33.0 cm³/mol. The lowest BCUT2D eigenvalue weighted by Gasteiger charge is -1.98. The van der Waals surface area contributed by atoms with Crippen LogP contribution in [0.3, 0.4) is 0 Å². The second-order valence-electron chi connectivity index (χ2n) is 1.59. The van der Waals surface area contributed by atoms with E-state index >= 15 is 0 Å². The van der Waals surface area contributed by atoms with E-state index in [4.69, 9.17) is 5.11 Å². The van der Waals surface area contributed by atoms with E-state index in [1.165, 1.54) is 12.0 Å². The van der Waals surface area contributed by atoms with E-state index in [0.717, 1.165) is 0 Å². The first-order valence-electron chi connectivity index (χ1n) is 2.51. The van der Waals surface area contributed by atoms with Crippen LogP contribution < -0.4 is 0 Å². The highest BCUT2D eigenvalue weighted by Crippen LogP contribution is 2.08. The number of rotatable bonds is 0. The van der Waals surface area contributed by atoms with Crippen molar-refractivity contribution in [3.63, 3.8) is 0 Å². The number of dihydropyridines is 1. The summed E-state index contributed by atoms with van der Waals surface area (Å²) in [6.45, 7) is 0. The van der Waals surface area contributed by atoms with Gasteiger partial charge in [-0.2, -0.15) is 0 Å². The molecule has 0 unspecified atom stereocenters. The molecule has 0 saturated carbocycles. The summed E-state index contributed by atoms with van der Waals surface area (Å²) in [7, 11) is 0. The number of hydrogen-bond acceptors (Lipinski definition) is 3. The maximum absolute atomic E-state index is 9.89. The molecule has 1 aliphatic heterocycles. The molecule has 3 nitrogen and oxygen atoms in total. The Kier molecular flexibility index (Phi) is 1.47. The lowest BCUT2D eigenvalue weighted by atomic mass is 10.3. The van der Waals surface area contributed by atoms with E-state index in [9.17, 15) is 4.79 Å². The van der Waals surface area contributed by atoms with E-state index in [1.807, 2.05) is 0 Å². The van der Waals surface area contributed by atoms with Gasteiger partial charge in [0.15, 0.2) is 11.6 Å². The molecule has 0 aromatic heterocycles. The molecule has 0 atom stereocenters. The van der Waals surface area contributed by atoms with Gasteiger partial charge in [0.05, 0.1) is 0 Å². The minimum absolute atomic E-state index is 0.0127. The average Bonchev–Trinajstić information content (AvgIpc) is 1.89. The summed E-state index contributed by atoms with van der Waals surface area (Å²) < 4.78 is 0. The molecule has 0 radical (unpaired) electrons. The Morgan fingerprint density at radius 2 is 2.56 bits per heavy atom. The standard InChI is InChI=1S/C6H5NO2/c8-4-5-6(9)2-1-3-7-5/h2-3,9H,1H2. The molecule has 0 aromatic rings. The van der Waals surface area contributed by atoms with Crippen LogP contribution in [0, 0.1) is 0 Å². The SMILES string of the molecule is O=C=C1N=CCC=C1O. The lowest BCUT2D eigenvalue weighted by molar-refractivity contribution is 0.419. The molecule has 1 rings (SSSR count). The van der Waals surface area contributed by atoms with Gasteiger partial charge < -0.3 is 5.11 Å². The first kappa shape index (κ1) is 5.79. The summed E-state index contributed by atoms with van der Waals surface area (Å²) in [6, 6.07) is 0. The number of aliphatic hydroxyl groups excluding tert-OH is 1. The Hall–Kier alpha value is -1.34. The smallest absolute Gasteiger partial charge is 0.188 e. The Morgan fingerprint density at radius 3 is 3.00 bits per heavy atom. The van der Waals surface area contributed by atoms with Crippen molar-refractivity contribution in [3.8, 4) is 0 Å². The Balaban J connectivity index is 2.96. The number of hydrogen-bond donors (Lipinski definition) is 1. The predicted octanol–water partition coefficient (Wildman–Crippen LogP) is 0.618. The van der Waals surface area contributed by atoms with Crippen LogP contribution in [0.1, 0.15) is 6.42 Å². The number of allylic oxidation sites excluding steroid dienone is 1. The van der Waals surface area contributed by atoms with Crippen molar-refractivity contribution in [2.45, 2.75) is 6.42 Å². The fourth-order valence-electron chi connectivity index (χ4n) is 0.550. The molecule has 0 bridgehead atoms. The molecule has 9 heavy (non-hydrogen) atoms. The van der Waals surface area contributed by atoms with Crippen molar-refractivity contribution in [1.29, 1.82) is 0 Å². The summed E-state index contributed by atoms with van der Waals surface area (Å²) in [4.78, 5) is 13.5. The van der Waals surface area contributed by atoms with Gasteiger partial charge in [0, 0.05) is 12.6 Å². The number of aliphatic imine (C=N–C) groups is 1. The highest BCUT2D eigenvalue weighted by molar-refractivity contribution is 5.71. The largest absolute Gasteiger partial charge is 0.505 e. The molecule has 1 aliphatic rings. The minimum atomic E-state index is -0.0764. The van der Waals surface area contributed by atoms with Gasteiger partial charge in [0.1, 0.15) is 5.76 Å². The van der Waals surface area contributed by atoms with Crippen LogP contribution in [0.2, 0.25) is 0 Å². The number of aliphatic hydroxyl groups is 1. The van der Waals surface area contributed by atoms with Crippen LogP contribution in [-0.4, -0.2) is 17.3 Å². The first-order chi connectivity index (χ1) is 4.34. The maximum atomic E-state index is 9.89. The number of nitrogens with zero attached hydrogens (tertiary/aromatic N) is 1. The average molecular weight is 123 g/mol. The van der Waals surface area contributed by atoms with Crippen LogP contribution in [0.5, 0.6) is 0 Å². The zero-order valence-corrected chi connectivity index (χ0v) is 4.66. The molecule has 1 heterocycles. The van der Waals surface area contributed by atoms with Crippen molar-refractivity contribution >= 4 is 12.2 Å². The normalized spacial score (nSPS) is 16.9.